The van der Waals surface area contributed by atoms with Crippen LogP contribution in [0.5, 0.6) is 0 Å². The number of piperidine rings is 1. The zero-order valence-electron chi connectivity index (χ0n) is 10.7. The molecule has 0 radical (unpaired) electrons. The van der Waals surface area contributed by atoms with E-state index in [9.17, 15) is 4.79 Å². The molecule has 2 rings (SSSR count). The van der Waals surface area contributed by atoms with Gasteiger partial charge in [0.1, 0.15) is 6.54 Å². The Bertz CT molecular complexity index is 275. The molecule has 92 valence electrons. The standard InChI is InChI=1S/C13H24NO2/c1-10(15)16-12-8-11-6-4-5-7-13(11)14(2,3)9-12/h11-13H,4-9H2,1-3H3/q+1/t11-,12-,13+/m1/s1. The summed E-state index contributed by atoms with van der Waals surface area (Å²) in [5, 5.41) is 0. The molecule has 0 spiro atoms. The highest BCUT2D eigenvalue weighted by Crippen LogP contribution is 2.38. The number of hydrogen-bond donors (Lipinski definition) is 0. The third-order valence-corrected chi connectivity index (χ3v) is 4.34. The number of ether oxygens (including phenoxy) is 1. The maximum atomic E-state index is 11.1. The number of fused-ring (bicyclic) bond motifs is 1. The monoisotopic (exact) mass is 226 g/mol. The molecule has 1 aliphatic carbocycles. The van der Waals surface area contributed by atoms with E-state index in [1.807, 2.05) is 0 Å². The van der Waals surface area contributed by atoms with Gasteiger partial charge in [-0.05, 0) is 25.7 Å². The molecule has 2 fully saturated rings. The molecule has 1 saturated carbocycles. The van der Waals surface area contributed by atoms with Gasteiger partial charge >= 0.3 is 5.97 Å². The molecule has 0 N–H and O–H groups in total. The Morgan fingerprint density at radius 2 is 1.94 bits per heavy atom. The van der Waals surface area contributed by atoms with Crippen LogP contribution in [0.15, 0.2) is 0 Å². The fraction of sp³-hybridized carbons (Fsp3) is 0.923. The maximum absolute atomic E-state index is 11.1. The highest BCUT2D eigenvalue weighted by Gasteiger charge is 2.45. The summed E-state index contributed by atoms with van der Waals surface area (Å²) in [5.41, 5.74) is 0. The van der Waals surface area contributed by atoms with Crippen molar-refractivity contribution < 1.29 is 14.0 Å². The van der Waals surface area contributed by atoms with Crippen LogP contribution in [0.1, 0.15) is 39.0 Å². The van der Waals surface area contributed by atoms with E-state index in [0.717, 1.165) is 29.4 Å². The lowest BCUT2D eigenvalue weighted by Crippen LogP contribution is -2.61. The number of hydrogen-bond acceptors (Lipinski definition) is 2. The summed E-state index contributed by atoms with van der Waals surface area (Å²) in [6.07, 6.45) is 6.64. The van der Waals surface area contributed by atoms with Gasteiger partial charge < -0.3 is 9.22 Å². The second-order valence-corrected chi connectivity index (χ2v) is 6.04. The molecule has 0 bridgehead atoms. The second-order valence-electron chi connectivity index (χ2n) is 6.04. The first-order chi connectivity index (χ1) is 7.49. The van der Waals surface area contributed by atoms with Gasteiger partial charge in [-0.2, -0.15) is 0 Å². The lowest BCUT2D eigenvalue weighted by atomic mass is 9.76. The van der Waals surface area contributed by atoms with Crippen LogP contribution in [-0.2, 0) is 9.53 Å². The Hall–Kier alpha value is -0.570. The molecule has 16 heavy (non-hydrogen) atoms. The van der Waals surface area contributed by atoms with Gasteiger partial charge in [0.25, 0.3) is 0 Å². The SMILES string of the molecule is CC(=O)O[C@@H]1C[C@H]2CCCC[C@@H]2[N+](C)(C)C1. The normalized spacial score (nSPS) is 37.6. The van der Waals surface area contributed by atoms with Crippen molar-refractivity contribution in [3.63, 3.8) is 0 Å². The third kappa shape index (κ3) is 2.40. The number of quaternary nitrogens is 1. The van der Waals surface area contributed by atoms with Gasteiger partial charge in [-0.15, -0.1) is 0 Å². The van der Waals surface area contributed by atoms with Crippen LogP contribution < -0.4 is 0 Å². The number of rotatable bonds is 1. The van der Waals surface area contributed by atoms with Crippen LogP contribution in [0.2, 0.25) is 0 Å². The van der Waals surface area contributed by atoms with E-state index < -0.39 is 0 Å². The number of esters is 1. The molecule has 0 unspecified atom stereocenters. The van der Waals surface area contributed by atoms with Crippen molar-refractivity contribution in [3.8, 4) is 0 Å². The van der Waals surface area contributed by atoms with E-state index in [4.69, 9.17) is 4.74 Å². The summed E-state index contributed by atoms with van der Waals surface area (Å²) < 4.78 is 6.45. The highest BCUT2D eigenvalue weighted by molar-refractivity contribution is 5.66. The van der Waals surface area contributed by atoms with Crippen LogP contribution in [-0.4, -0.2) is 43.2 Å². The average Bonchev–Trinajstić information content (AvgIpc) is 2.15. The van der Waals surface area contributed by atoms with Crippen molar-refractivity contribution in [2.75, 3.05) is 20.6 Å². The molecule has 3 nitrogen and oxygen atoms in total. The minimum Gasteiger partial charge on any atom is -0.457 e. The first-order valence-electron chi connectivity index (χ1n) is 6.49. The summed E-state index contributed by atoms with van der Waals surface area (Å²) in [5.74, 6) is 0.640. The highest BCUT2D eigenvalue weighted by atomic mass is 16.5. The van der Waals surface area contributed by atoms with E-state index in [1.54, 1.807) is 0 Å². The lowest BCUT2D eigenvalue weighted by molar-refractivity contribution is -0.928. The quantitative estimate of drug-likeness (QED) is 0.504. The Morgan fingerprint density at radius 1 is 1.25 bits per heavy atom. The van der Waals surface area contributed by atoms with E-state index >= 15 is 0 Å². The van der Waals surface area contributed by atoms with Crippen LogP contribution in [0.25, 0.3) is 0 Å². The molecule has 0 aromatic heterocycles. The maximum Gasteiger partial charge on any atom is 0.303 e. The van der Waals surface area contributed by atoms with E-state index in [-0.39, 0.29) is 12.1 Å². The summed E-state index contributed by atoms with van der Waals surface area (Å²) >= 11 is 0. The predicted octanol–water partition coefficient (Wildman–Crippen LogP) is 1.96. The Labute approximate surface area is 98.4 Å². The van der Waals surface area contributed by atoms with Gasteiger partial charge in [-0.3, -0.25) is 4.79 Å². The smallest absolute Gasteiger partial charge is 0.303 e. The van der Waals surface area contributed by atoms with Gasteiger partial charge in [-0.1, -0.05) is 6.42 Å². The molecule has 0 aromatic rings. The number of nitrogens with zero attached hydrogens (tertiary/aromatic N) is 1. The van der Waals surface area contributed by atoms with E-state index in [2.05, 4.69) is 14.1 Å². The fourth-order valence-electron chi connectivity index (χ4n) is 3.78. The summed E-state index contributed by atoms with van der Waals surface area (Å²) in [6, 6.07) is 0.792. The summed E-state index contributed by atoms with van der Waals surface area (Å²) in [7, 11) is 4.58. The van der Waals surface area contributed by atoms with Crippen LogP contribution in [0.4, 0.5) is 0 Å². The summed E-state index contributed by atoms with van der Waals surface area (Å²) in [4.78, 5) is 11.1. The van der Waals surface area contributed by atoms with Gasteiger partial charge in [0.2, 0.25) is 0 Å². The van der Waals surface area contributed by atoms with E-state index in [0.29, 0.717) is 0 Å². The Morgan fingerprint density at radius 3 is 2.62 bits per heavy atom. The van der Waals surface area contributed by atoms with Crippen molar-refractivity contribution in [2.24, 2.45) is 5.92 Å². The fourth-order valence-corrected chi connectivity index (χ4v) is 3.78. The molecular weight excluding hydrogens is 202 g/mol. The Balaban J connectivity index is 2.06. The van der Waals surface area contributed by atoms with Crippen LogP contribution >= 0.6 is 0 Å². The number of carbonyl (C=O) groups is 1. The van der Waals surface area contributed by atoms with Gasteiger partial charge in [-0.25, -0.2) is 0 Å². The van der Waals surface area contributed by atoms with Crippen molar-refractivity contribution in [3.05, 3.63) is 0 Å². The number of carbonyl (C=O) groups excluding carboxylic acids is 1. The molecular formula is C13H24NO2+. The van der Waals surface area contributed by atoms with E-state index in [1.165, 1.54) is 32.6 Å². The minimum absolute atomic E-state index is 0.126. The average molecular weight is 226 g/mol. The van der Waals surface area contributed by atoms with Gasteiger partial charge in [0, 0.05) is 12.8 Å². The number of likely N-dealkylation sites (N-methyl/N-ethyl adjacent to an activating group) is 1. The molecule has 1 saturated heterocycles. The van der Waals surface area contributed by atoms with Crippen molar-refractivity contribution in [2.45, 2.75) is 51.2 Å². The molecule has 0 amide bonds. The minimum atomic E-state index is -0.126. The van der Waals surface area contributed by atoms with Crippen molar-refractivity contribution >= 4 is 5.97 Å². The van der Waals surface area contributed by atoms with Crippen LogP contribution in [0.3, 0.4) is 0 Å². The zero-order valence-corrected chi connectivity index (χ0v) is 10.7. The topological polar surface area (TPSA) is 26.3 Å². The van der Waals surface area contributed by atoms with Crippen molar-refractivity contribution in [1.29, 1.82) is 0 Å². The van der Waals surface area contributed by atoms with Crippen molar-refractivity contribution in [1.82, 2.24) is 0 Å². The molecule has 1 aliphatic heterocycles. The second kappa shape index (κ2) is 4.36. The van der Waals surface area contributed by atoms with Gasteiger partial charge in [0.05, 0.1) is 20.1 Å². The number of likely N-dealkylation sites (tertiary alicyclic amines) is 1. The first kappa shape index (κ1) is 11.9. The largest absolute Gasteiger partial charge is 0.457 e. The summed E-state index contributed by atoms with van der Waals surface area (Å²) in [6.45, 7) is 2.51. The third-order valence-electron chi connectivity index (χ3n) is 4.34. The van der Waals surface area contributed by atoms with Gasteiger partial charge in [0.15, 0.2) is 6.10 Å². The molecule has 3 atom stereocenters. The Kier molecular flexibility index (Phi) is 3.24. The molecule has 3 heteroatoms. The predicted molar refractivity (Wildman–Crippen MR) is 62.9 cm³/mol. The first-order valence-corrected chi connectivity index (χ1v) is 6.49. The van der Waals surface area contributed by atoms with Crippen LogP contribution in [0, 0.1) is 5.92 Å². The molecule has 2 aliphatic rings. The molecule has 1 heterocycles. The lowest BCUT2D eigenvalue weighted by Gasteiger charge is -2.50. The molecule has 0 aromatic carbocycles. The zero-order chi connectivity index (χ0) is 11.8.